The van der Waals surface area contributed by atoms with Crippen LogP contribution in [0.2, 0.25) is 0 Å². The molecule has 0 unspecified atom stereocenters. The number of nitrogens with zero attached hydrogens (tertiary/aromatic N) is 2. The molecule has 0 fully saturated rings. The zero-order chi connectivity index (χ0) is 12.3. The molecule has 0 aliphatic rings. The molecule has 0 aliphatic carbocycles. The molecule has 2 aromatic rings. The van der Waals surface area contributed by atoms with Gasteiger partial charge in [0.05, 0.1) is 11.5 Å². The third-order valence-electron chi connectivity index (χ3n) is 2.02. The van der Waals surface area contributed by atoms with E-state index in [4.69, 9.17) is 4.74 Å². The largest absolute Gasteiger partial charge is 0.474 e. The van der Waals surface area contributed by atoms with E-state index in [9.17, 15) is 8.42 Å². The Bertz CT molecular complexity index is 592. The molecule has 0 bridgehead atoms. The van der Waals surface area contributed by atoms with Gasteiger partial charge in [-0.05, 0) is 29.4 Å². The Morgan fingerprint density at radius 3 is 2.59 bits per heavy atom. The van der Waals surface area contributed by atoms with Gasteiger partial charge in [-0.3, -0.25) is 0 Å². The van der Waals surface area contributed by atoms with E-state index in [1.807, 2.05) is 0 Å². The molecule has 0 spiro atoms. The second kappa shape index (κ2) is 4.54. The lowest BCUT2D eigenvalue weighted by molar-refractivity contribution is 0.263. The van der Waals surface area contributed by atoms with Gasteiger partial charge in [0.15, 0.2) is 0 Å². The van der Waals surface area contributed by atoms with Gasteiger partial charge in [-0.25, -0.2) is 13.0 Å². The van der Waals surface area contributed by atoms with Crippen LogP contribution in [0.3, 0.4) is 0 Å². The van der Waals surface area contributed by atoms with Crippen LogP contribution < -0.4 is 4.74 Å². The third-order valence-corrected chi connectivity index (χ3v) is 3.67. The van der Waals surface area contributed by atoms with E-state index in [1.54, 1.807) is 25.1 Å². The first-order chi connectivity index (χ1) is 8.16. The van der Waals surface area contributed by atoms with Gasteiger partial charge in [-0.15, -0.1) is 0 Å². The lowest BCUT2D eigenvalue weighted by Gasteiger charge is -2.01. The van der Waals surface area contributed by atoms with Gasteiger partial charge in [-0.2, -0.15) is 0 Å². The van der Waals surface area contributed by atoms with Gasteiger partial charge < -0.3 is 4.74 Å². The average molecular weight is 254 g/mol. The van der Waals surface area contributed by atoms with Crippen LogP contribution in [-0.2, 0) is 9.84 Å². The molecule has 0 radical (unpaired) electrons. The monoisotopic (exact) mass is 254 g/mol. The SMILES string of the molecule is CCOc1nonc1S(=O)(=O)c1ccccc1. The first kappa shape index (κ1) is 11.6. The minimum absolute atomic E-state index is 0.114. The molecule has 0 saturated heterocycles. The van der Waals surface area contributed by atoms with Crippen molar-refractivity contribution in [1.29, 1.82) is 0 Å². The summed E-state index contributed by atoms with van der Waals surface area (Å²) in [6.45, 7) is 2.00. The van der Waals surface area contributed by atoms with Gasteiger partial charge in [-0.1, -0.05) is 18.2 Å². The van der Waals surface area contributed by atoms with Crippen LogP contribution in [0.5, 0.6) is 5.88 Å². The molecule has 0 N–H and O–H groups in total. The van der Waals surface area contributed by atoms with Gasteiger partial charge in [0.25, 0.3) is 10.9 Å². The highest BCUT2D eigenvalue weighted by Gasteiger charge is 2.27. The second-order valence-corrected chi connectivity index (χ2v) is 4.99. The van der Waals surface area contributed by atoms with Crippen molar-refractivity contribution in [3.05, 3.63) is 30.3 Å². The molecule has 0 atom stereocenters. The molecule has 2 rings (SSSR count). The molecule has 1 heterocycles. The zero-order valence-corrected chi connectivity index (χ0v) is 9.85. The Balaban J connectivity index is 2.49. The van der Waals surface area contributed by atoms with Crippen molar-refractivity contribution in [2.24, 2.45) is 0 Å². The van der Waals surface area contributed by atoms with E-state index < -0.39 is 9.84 Å². The summed E-state index contributed by atoms with van der Waals surface area (Å²) in [4.78, 5) is 0.122. The van der Waals surface area contributed by atoms with Gasteiger partial charge >= 0.3 is 0 Å². The predicted molar refractivity (Wildman–Crippen MR) is 57.4 cm³/mol. The highest BCUT2D eigenvalue weighted by Crippen LogP contribution is 2.25. The van der Waals surface area contributed by atoms with Crippen LogP contribution in [0.1, 0.15) is 6.92 Å². The number of rotatable bonds is 4. The number of aromatic nitrogens is 2. The summed E-state index contributed by atoms with van der Waals surface area (Å²) < 4.78 is 33.7. The maximum absolute atomic E-state index is 12.1. The van der Waals surface area contributed by atoms with Crippen molar-refractivity contribution in [3.63, 3.8) is 0 Å². The van der Waals surface area contributed by atoms with Crippen LogP contribution in [0.25, 0.3) is 0 Å². The smallest absolute Gasteiger partial charge is 0.295 e. The van der Waals surface area contributed by atoms with E-state index in [-0.39, 0.29) is 22.4 Å². The Labute approximate surface area is 98.1 Å². The predicted octanol–water partition coefficient (Wildman–Crippen LogP) is 1.30. The summed E-state index contributed by atoms with van der Waals surface area (Å²) in [5, 5.41) is 6.49. The molecule has 1 aromatic carbocycles. The highest BCUT2D eigenvalue weighted by molar-refractivity contribution is 7.91. The molecule has 17 heavy (non-hydrogen) atoms. The van der Waals surface area contributed by atoms with E-state index in [0.717, 1.165) is 0 Å². The Morgan fingerprint density at radius 2 is 1.94 bits per heavy atom. The first-order valence-corrected chi connectivity index (χ1v) is 6.40. The summed E-state index contributed by atoms with van der Waals surface area (Å²) in [5.41, 5.74) is 0. The maximum atomic E-state index is 12.1. The van der Waals surface area contributed by atoms with Crippen molar-refractivity contribution in [1.82, 2.24) is 10.3 Å². The Morgan fingerprint density at radius 1 is 1.24 bits per heavy atom. The Hall–Kier alpha value is -1.89. The van der Waals surface area contributed by atoms with E-state index in [2.05, 4.69) is 14.9 Å². The van der Waals surface area contributed by atoms with E-state index in [0.29, 0.717) is 0 Å². The minimum atomic E-state index is -3.74. The summed E-state index contributed by atoms with van der Waals surface area (Å²) in [6.07, 6.45) is 0. The van der Waals surface area contributed by atoms with Gasteiger partial charge in [0.2, 0.25) is 9.84 Å². The lowest BCUT2D eigenvalue weighted by Crippen LogP contribution is -2.05. The van der Waals surface area contributed by atoms with Crippen LogP contribution >= 0.6 is 0 Å². The van der Waals surface area contributed by atoms with E-state index in [1.165, 1.54) is 12.1 Å². The quantitative estimate of drug-likeness (QED) is 0.817. The third kappa shape index (κ3) is 2.14. The molecule has 0 amide bonds. The average Bonchev–Trinajstić information content (AvgIpc) is 2.80. The highest BCUT2D eigenvalue weighted by atomic mass is 32.2. The number of ether oxygens (including phenoxy) is 1. The molecule has 6 nitrogen and oxygen atoms in total. The number of benzene rings is 1. The second-order valence-electron chi connectivity index (χ2n) is 3.12. The molecular formula is C10H10N2O4S. The van der Waals surface area contributed by atoms with Crippen molar-refractivity contribution in [2.45, 2.75) is 16.8 Å². The number of sulfone groups is 1. The Kier molecular flexibility index (Phi) is 3.10. The van der Waals surface area contributed by atoms with E-state index >= 15 is 0 Å². The normalized spacial score (nSPS) is 11.4. The fourth-order valence-corrected chi connectivity index (χ4v) is 2.47. The zero-order valence-electron chi connectivity index (χ0n) is 9.03. The van der Waals surface area contributed by atoms with Crippen molar-refractivity contribution >= 4 is 9.84 Å². The molecule has 7 heteroatoms. The standard InChI is InChI=1S/C10H10N2O4S/c1-2-15-9-10(12-16-11-9)17(13,14)8-6-4-3-5-7-8/h3-7H,2H2,1H3. The summed E-state index contributed by atoms with van der Waals surface area (Å²) >= 11 is 0. The number of hydrogen-bond acceptors (Lipinski definition) is 6. The topological polar surface area (TPSA) is 82.3 Å². The van der Waals surface area contributed by atoms with Crippen LogP contribution in [0, 0.1) is 0 Å². The van der Waals surface area contributed by atoms with Crippen LogP contribution in [-0.4, -0.2) is 25.3 Å². The van der Waals surface area contributed by atoms with Crippen molar-refractivity contribution in [3.8, 4) is 5.88 Å². The number of hydrogen-bond donors (Lipinski definition) is 0. The molecular weight excluding hydrogens is 244 g/mol. The van der Waals surface area contributed by atoms with Gasteiger partial charge in [0, 0.05) is 0 Å². The fourth-order valence-electron chi connectivity index (χ4n) is 1.27. The fraction of sp³-hybridized carbons (Fsp3) is 0.200. The summed E-state index contributed by atoms with van der Waals surface area (Å²) in [5.74, 6) is -0.114. The minimum Gasteiger partial charge on any atom is -0.474 e. The van der Waals surface area contributed by atoms with Gasteiger partial charge in [0.1, 0.15) is 0 Å². The van der Waals surface area contributed by atoms with Crippen molar-refractivity contribution in [2.75, 3.05) is 6.61 Å². The summed E-state index contributed by atoms with van der Waals surface area (Å²) in [7, 11) is -3.74. The molecule has 90 valence electrons. The molecule has 0 saturated carbocycles. The summed E-state index contributed by atoms with van der Waals surface area (Å²) in [6, 6.07) is 7.92. The van der Waals surface area contributed by atoms with Crippen molar-refractivity contribution < 1.29 is 17.8 Å². The van der Waals surface area contributed by atoms with Crippen LogP contribution in [0.4, 0.5) is 0 Å². The van der Waals surface area contributed by atoms with Crippen LogP contribution in [0.15, 0.2) is 44.9 Å². The molecule has 1 aromatic heterocycles. The maximum Gasteiger partial charge on any atom is 0.295 e. The first-order valence-electron chi connectivity index (χ1n) is 4.91. The lowest BCUT2D eigenvalue weighted by atomic mass is 10.4. The molecule has 0 aliphatic heterocycles.